The number of nitrogens with zero attached hydrogens (tertiary/aromatic N) is 2. The van der Waals surface area contributed by atoms with Gasteiger partial charge >= 0.3 is 0 Å². The summed E-state index contributed by atoms with van der Waals surface area (Å²) in [5.74, 6) is 0.0433. The van der Waals surface area contributed by atoms with Gasteiger partial charge in [-0.05, 0) is 30.3 Å². The highest BCUT2D eigenvalue weighted by Crippen LogP contribution is 2.27. The normalized spacial score (nSPS) is 11.5. The molecule has 18 heavy (non-hydrogen) atoms. The highest BCUT2D eigenvalue weighted by Gasteiger charge is 2.02. The Morgan fingerprint density at radius 3 is 2.78 bits per heavy atom. The van der Waals surface area contributed by atoms with Crippen molar-refractivity contribution in [1.29, 1.82) is 0 Å². The third kappa shape index (κ3) is 3.15. The highest BCUT2D eigenvalue weighted by molar-refractivity contribution is 7.99. The van der Waals surface area contributed by atoms with Crippen LogP contribution in [-0.4, -0.2) is 16.0 Å². The van der Waals surface area contributed by atoms with Crippen LogP contribution in [0.1, 0.15) is 5.56 Å². The molecule has 0 amide bonds. The molecule has 0 aliphatic carbocycles. The Labute approximate surface area is 113 Å². The number of oxime groups is 1. The maximum absolute atomic E-state index is 8.54. The molecule has 0 unspecified atom stereocenters. The van der Waals surface area contributed by atoms with Crippen molar-refractivity contribution in [3.05, 3.63) is 53.2 Å². The molecule has 0 saturated carbocycles. The molecule has 6 heteroatoms. The predicted octanol–water partition coefficient (Wildman–Crippen LogP) is 2.98. The summed E-state index contributed by atoms with van der Waals surface area (Å²) < 4.78 is 0. The number of rotatable bonds is 3. The maximum Gasteiger partial charge on any atom is 0.171 e. The number of benzene rings is 1. The molecule has 2 rings (SSSR count). The summed E-state index contributed by atoms with van der Waals surface area (Å²) >= 11 is 7.39. The molecule has 0 bridgehead atoms. The van der Waals surface area contributed by atoms with E-state index in [2.05, 4.69) is 10.1 Å². The maximum atomic E-state index is 8.54. The first-order chi connectivity index (χ1) is 8.69. The lowest BCUT2D eigenvalue weighted by atomic mass is 10.3. The van der Waals surface area contributed by atoms with Crippen molar-refractivity contribution in [2.24, 2.45) is 10.9 Å². The van der Waals surface area contributed by atoms with E-state index in [1.807, 2.05) is 24.3 Å². The van der Waals surface area contributed by atoms with Crippen LogP contribution < -0.4 is 5.73 Å². The Bertz CT molecular complexity index is 572. The number of aromatic nitrogens is 1. The molecule has 3 N–H and O–H groups in total. The van der Waals surface area contributed by atoms with E-state index < -0.39 is 0 Å². The monoisotopic (exact) mass is 279 g/mol. The summed E-state index contributed by atoms with van der Waals surface area (Å²) in [5.41, 5.74) is 6.03. The van der Waals surface area contributed by atoms with Crippen LogP contribution in [0, 0.1) is 0 Å². The molecule has 0 aliphatic heterocycles. The minimum Gasteiger partial charge on any atom is -0.409 e. The molecule has 0 fully saturated rings. The Hall–Kier alpha value is -1.72. The van der Waals surface area contributed by atoms with Gasteiger partial charge in [-0.25, -0.2) is 4.98 Å². The van der Waals surface area contributed by atoms with Crippen LogP contribution in [0.4, 0.5) is 0 Å². The average Bonchev–Trinajstić information content (AvgIpc) is 2.39. The van der Waals surface area contributed by atoms with E-state index in [1.165, 1.54) is 11.8 Å². The lowest BCUT2D eigenvalue weighted by Crippen LogP contribution is -2.13. The highest BCUT2D eigenvalue weighted by atomic mass is 35.5. The van der Waals surface area contributed by atoms with E-state index in [4.69, 9.17) is 22.5 Å². The quantitative estimate of drug-likeness (QED) is 0.392. The van der Waals surface area contributed by atoms with E-state index in [0.29, 0.717) is 10.6 Å². The van der Waals surface area contributed by atoms with E-state index in [-0.39, 0.29) is 5.84 Å². The Balaban J connectivity index is 2.16. The van der Waals surface area contributed by atoms with E-state index in [0.717, 1.165) is 9.92 Å². The van der Waals surface area contributed by atoms with Crippen LogP contribution in [0.2, 0.25) is 5.02 Å². The lowest BCUT2D eigenvalue weighted by molar-refractivity contribution is 0.318. The van der Waals surface area contributed by atoms with E-state index in [1.54, 1.807) is 18.3 Å². The molecule has 0 saturated heterocycles. The van der Waals surface area contributed by atoms with Crippen LogP contribution in [0.5, 0.6) is 0 Å². The molecule has 0 radical (unpaired) electrons. The molecule has 2 aromatic rings. The smallest absolute Gasteiger partial charge is 0.171 e. The first-order valence-corrected chi connectivity index (χ1v) is 6.26. The molecular weight excluding hydrogens is 270 g/mol. The molecule has 1 aromatic heterocycles. The zero-order chi connectivity index (χ0) is 13.0. The second-order valence-corrected chi connectivity index (χ2v) is 4.96. The van der Waals surface area contributed by atoms with Gasteiger partial charge in [0.1, 0.15) is 5.03 Å². The van der Waals surface area contributed by atoms with Crippen molar-refractivity contribution in [2.75, 3.05) is 0 Å². The van der Waals surface area contributed by atoms with Gasteiger partial charge in [0.15, 0.2) is 5.84 Å². The third-order valence-corrected chi connectivity index (χ3v) is 3.33. The lowest BCUT2D eigenvalue weighted by Gasteiger charge is -2.02. The van der Waals surface area contributed by atoms with Gasteiger partial charge in [-0.2, -0.15) is 0 Å². The molecular formula is C12H10ClN3OS. The molecule has 4 nitrogen and oxygen atoms in total. The SMILES string of the molecule is NC(=NO)c1ccc(Sc2cccc(Cl)c2)nc1. The van der Waals surface area contributed by atoms with Gasteiger partial charge < -0.3 is 10.9 Å². The van der Waals surface area contributed by atoms with Crippen molar-refractivity contribution in [3.8, 4) is 0 Å². The Kier molecular flexibility index (Phi) is 4.07. The Morgan fingerprint density at radius 1 is 1.33 bits per heavy atom. The average molecular weight is 280 g/mol. The van der Waals surface area contributed by atoms with Crippen molar-refractivity contribution < 1.29 is 5.21 Å². The van der Waals surface area contributed by atoms with E-state index >= 15 is 0 Å². The van der Waals surface area contributed by atoms with Crippen LogP contribution in [-0.2, 0) is 0 Å². The summed E-state index contributed by atoms with van der Waals surface area (Å²) in [5, 5.41) is 13.0. The molecule has 92 valence electrons. The fourth-order valence-electron chi connectivity index (χ4n) is 1.30. The first kappa shape index (κ1) is 12.7. The number of amidine groups is 1. The molecule has 1 heterocycles. The van der Waals surface area contributed by atoms with Crippen LogP contribution >= 0.6 is 23.4 Å². The van der Waals surface area contributed by atoms with Crippen molar-refractivity contribution in [1.82, 2.24) is 4.98 Å². The summed E-state index contributed by atoms with van der Waals surface area (Å²) in [6, 6.07) is 11.1. The van der Waals surface area contributed by atoms with Gasteiger partial charge in [0.05, 0.1) is 0 Å². The fourth-order valence-corrected chi connectivity index (χ4v) is 2.37. The van der Waals surface area contributed by atoms with Gasteiger partial charge in [0, 0.05) is 21.7 Å². The minimum absolute atomic E-state index is 0.0433. The zero-order valence-electron chi connectivity index (χ0n) is 9.25. The zero-order valence-corrected chi connectivity index (χ0v) is 10.8. The molecule has 0 spiro atoms. The summed E-state index contributed by atoms with van der Waals surface area (Å²) in [7, 11) is 0. The van der Waals surface area contributed by atoms with Crippen LogP contribution in [0.15, 0.2) is 57.7 Å². The number of hydrogen-bond donors (Lipinski definition) is 2. The van der Waals surface area contributed by atoms with Gasteiger partial charge in [0.2, 0.25) is 0 Å². The van der Waals surface area contributed by atoms with E-state index in [9.17, 15) is 0 Å². The number of hydrogen-bond acceptors (Lipinski definition) is 4. The summed E-state index contributed by atoms with van der Waals surface area (Å²) in [6.45, 7) is 0. The van der Waals surface area contributed by atoms with Gasteiger partial charge in [-0.3, -0.25) is 0 Å². The second kappa shape index (κ2) is 5.75. The van der Waals surface area contributed by atoms with Gasteiger partial charge in [0.25, 0.3) is 0 Å². The van der Waals surface area contributed by atoms with Crippen molar-refractivity contribution in [2.45, 2.75) is 9.92 Å². The summed E-state index contributed by atoms with van der Waals surface area (Å²) in [6.07, 6.45) is 1.56. The number of pyridine rings is 1. The minimum atomic E-state index is 0.0433. The summed E-state index contributed by atoms with van der Waals surface area (Å²) in [4.78, 5) is 5.23. The third-order valence-electron chi connectivity index (χ3n) is 2.16. The molecule has 1 aromatic carbocycles. The number of halogens is 1. The topological polar surface area (TPSA) is 71.5 Å². The second-order valence-electron chi connectivity index (χ2n) is 3.43. The molecule has 0 atom stereocenters. The first-order valence-electron chi connectivity index (χ1n) is 5.06. The van der Waals surface area contributed by atoms with Crippen LogP contribution in [0.3, 0.4) is 0 Å². The fraction of sp³-hybridized carbons (Fsp3) is 0. The van der Waals surface area contributed by atoms with Crippen molar-refractivity contribution in [3.63, 3.8) is 0 Å². The number of nitrogens with two attached hydrogens (primary N) is 1. The molecule has 0 aliphatic rings. The Morgan fingerprint density at radius 2 is 2.17 bits per heavy atom. The van der Waals surface area contributed by atoms with Crippen molar-refractivity contribution >= 4 is 29.2 Å². The predicted molar refractivity (Wildman–Crippen MR) is 72.3 cm³/mol. The standard InChI is InChI=1S/C12H10ClN3OS/c13-9-2-1-3-10(6-9)18-11-5-4-8(7-15-11)12(14)16-17/h1-7,17H,(H2,14,16). The van der Waals surface area contributed by atoms with Crippen LogP contribution in [0.25, 0.3) is 0 Å². The van der Waals surface area contributed by atoms with Gasteiger partial charge in [-0.15, -0.1) is 0 Å². The van der Waals surface area contributed by atoms with Gasteiger partial charge in [-0.1, -0.05) is 34.6 Å². The largest absolute Gasteiger partial charge is 0.409 e.